The van der Waals surface area contributed by atoms with E-state index >= 15 is 0 Å². The molecule has 0 saturated carbocycles. The van der Waals surface area contributed by atoms with E-state index in [1.807, 2.05) is 19.1 Å². The molecule has 1 aliphatic heterocycles. The standard InChI is InChI=1S/C21H23ClN4O3/c1-11-16(28-3)7-17(29-4)20(22)19(11)15-5-12-8-24-18(23)6-14(12)21(25-15)26-9-13(10-26)27-2/h5-8,13H,9-10H2,1-4H3,(H2,23,24). The summed E-state index contributed by atoms with van der Waals surface area (Å²) in [5, 5.41) is 2.36. The van der Waals surface area contributed by atoms with Gasteiger partial charge >= 0.3 is 0 Å². The highest BCUT2D eigenvalue weighted by Gasteiger charge is 2.30. The molecule has 3 heterocycles. The van der Waals surface area contributed by atoms with Crippen molar-refractivity contribution in [3.63, 3.8) is 0 Å². The number of nitrogens with zero attached hydrogens (tertiary/aromatic N) is 3. The Balaban J connectivity index is 1.95. The molecule has 1 aliphatic rings. The molecular weight excluding hydrogens is 392 g/mol. The number of hydrogen-bond acceptors (Lipinski definition) is 7. The number of nitrogen functional groups attached to an aromatic ring is 1. The minimum absolute atomic E-state index is 0.192. The molecule has 29 heavy (non-hydrogen) atoms. The van der Waals surface area contributed by atoms with Crippen LogP contribution >= 0.6 is 11.6 Å². The highest BCUT2D eigenvalue weighted by molar-refractivity contribution is 6.35. The molecule has 152 valence electrons. The lowest BCUT2D eigenvalue weighted by Gasteiger charge is -2.39. The highest BCUT2D eigenvalue weighted by Crippen LogP contribution is 2.44. The Morgan fingerprint density at radius 1 is 1.10 bits per heavy atom. The SMILES string of the molecule is COc1cc(OC)c(Cl)c(-c2cc3cnc(N)cc3c(N3CC(OC)C3)n2)c1C. The van der Waals surface area contributed by atoms with Gasteiger partial charge in [0.15, 0.2) is 0 Å². The van der Waals surface area contributed by atoms with Crippen LogP contribution in [0.3, 0.4) is 0 Å². The second-order valence-electron chi connectivity index (χ2n) is 7.02. The first-order valence-corrected chi connectivity index (χ1v) is 9.60. The maximum Gasteiger partial charge on any atom is 0.141 e. The van der Waals surface area contributed by atoms with E-state index in [4.69, 9.17) is 36.5 Å². The van der Waals surface area contributed by atoms with Crippen molar-refractivity contribution in [2.45, 2.75) is 13.0 Å². The highest BCUT2D eigenvalue weighted by atomic mass is 35.5. The van der Waals surface area contributed by atoms with Crippen LogP contribution < -0.4 is 20.1 Å². The van der Waals surface area contributed by atoms with Crippen LogP contribution in [-0.4, -0.2) is 50.5 Å². The zero-order valence-electron chi connectivity index (χ0n) is 16.8. The van der Waals surface area contributed by atoms with Crippen molar-refractivity contribution < 1.29 is 14.2 Å². The van der Waals surface area contributed by atoms with E-state index in [1.54, 1.807) is 33.6 Å². The lowest BCUT2D eigenvalue weighted by molar-refractivity contribution is 0.0785. The van der Waals surface area contributed by atoms with E-state index in [0.29, 0.717) is 22.3 Å². The fourth-order valence-corrected chi connectivity index (χ4v) is 4.01. The van der Waals surface area contributed by atoms with E-state index in [0.717, 1.165) is 46.5 Å². The zero-order valence-corrected chi connectivity index (χ0v) is 17.6. The molecule has 0 radical (unpaired) electrons. The molecular formula is C21H23ClN4O3. The van der Waals surface area contributed by atoms with E-state index in [2.05, 4.69) is 9.88 Å². The van der Waals surface area contributed by atoms with E-state index < -0.39 is 0 Å². The van der Waals surface area contributed by atoms with Gasteiger partial charge in [-0.1, -0.05) is 11.6 Å². The first-order chi connectivity index (χ1) is 14.0. The summed E-state index contributed by atoms with van der Waals surface area (Å²) in [5.74, 6) is 2.50. The molecule has 7 nitrogen and oxygen atoms in total. The Labute approximate surface area is 174 Å². The summed E-state index contributed by atoms with van der Waals surface area (Å²) in [4.78, 5) is 11.4. The van der Waals surface area contributed by atoms with Gasteiger partial charge in [0, 0.05) is 54.4 Å². The number of rotatable bonds is 5. The molecule has 2 N–H and O–H groups in total. The molecule has 3 aromatic rings. The molecule has 2 aromatic heterocycles. The number of ether oxygens (including phenoxy) is 3. The number of benzene rings is 1. The van der Waals surface area contributed by atoms with Gasteiger partial charge in [-0.25, -0.2) is 9.97 Å². The number of aromatic nitrogens is 2. The van der Waals surface area contributed by atoms with E-state index in [9.17, 15) is 0 Å². The zero-order chi connectivity index (χ0) is 20.7. The predicted octanol–water partition coefficient (Wildman–Crippen LogP) is 3.69. The first kappa shape index (κ1) is 19.5. The van der Waals surface area contributed by atoms with Crippen molar-refractivity contribution in [1.82, 2.24) is 9.97 Å². The maximum atomic E-state index is 6.69. The lowest BCUT2D eigenvalue weighted by atomic mass is 10.0. The first-order valence-electron chi connectivity index (χ1n) is 9.22. The van der Waals surface area contributed by atoms with Crippen molar-refractivity contribution >= 4 is 34.0 Å². The molecule has 0 bridgehead atoms. The van der Waals surface area contributed by atoms with Gasteiger partial charge in [0.2, 0.25) is 0 Å². The summed E-state index contributed by atoms with van der Waals surface area (Å²) >= 11 is 6.69. The van der Waals surface area contributed by atoms with Gasteiger partial charge in [0.1, 0.15) is 23.1 Å². The van der Waals surface area contributed by atoms with E-state index in [1.165, 1.54) is 0 Å². The van der Waals surface area contributed by atoms with Crippen molar-refractivity contribution in [1.29, 1.82) is 0 Å². The Morgan fingerprint density at radius 2 is 1.83 bits per heavy atom. The predicted molar refractivity (Wildman–Crippen MR) is 115 cm³/mol. The van der Waals surface area contributed by atoms with Crippen molar-refractivity contribution in [3.05, 3.63) is 35.0 Å². The molecule has 1 aromatic carbocycles. The minimum atomic E-state index is 0.192. The third kappa shape index (κ3) is 3.30. The molecule has 0 aliphatic carbocycles. The van der Waals surface area contributed by atoms with Gasteiger partial charge in [-0.05, 0) is 19.1 Å². The van der Waals surface area contributed by atoms with Gasteiger partial charge in [0.05, 0.1) is 31.0 Å². The van der Waals surface area contributed by atoms with Crippen molar-refractivity contribution in [2.24, 2.45) is 0 Å². The molecule has 0 unspecified atom stereocenters. The largest absolute Gasteiger partial charge is 0.496 e. The Bertz CT molecular complexity index is 1060. The number of fused-ring (bicyclic) bond motifs is 1. The quantitative estimate of drug-likeness (QED) is 0.681. The normalized spacial score (nSPS) is 14.2. The van der Waals surface area contributed by atoms with E-state index in [-0.39, 0.29) is 6.10 Å². The summed E-state index contributed by atoms with van der Waals surface area (Å²) in [5.41, 5.74) is 8.32. The average Bonchev–Trinajstić information content (AvgIpc) is 2.68. The third-order valence-electron chi connectivity index (χ3n) is 5.33. The molecule has 0 atom stereocenters. The molecule has 1 fully saturated rings. The number of halogens is 1. The summed E-state index contributed by atoms with van der Waals surface area (Å²) in [7, 11) is 4.92. The maximum absolute atomic E-state index is 6.69. The van der Waals surface area contributed by atoms with Crippen molar-refractivity contribution in [3.8, 4) is 22.8 Å². The summed E-state index contributed by atoms with van der Waals surface area (Å²) < 4.78 is 16.4. The third-order valence-corrected chi connectivity index (χ3v) is 5.71. The number of anilines is 2. The molecule has 0 spiro atoms. The van der Waals surface area contributed by atoms with Crippen LogP contribution in [0, 0.1) is 6.92 Å². The molecule has 1 saturated heterocycles. The Kier molecular flexibility index (Phi) is 5.10. The van der Waals surface area contributed by atoms with Crippen LogP contribution in [0.2, 0.25) is 5.02 Å². The van der Waals surface area contributed by atoms with Crippen LogP contribution in [0.25, 0.3) is 22.0 Å². The van der Waals surface area contributed by atoms with Gasteiger partial charge in [-0.2, -0.15) is 0 Å². The smallest absolute Gasteiger partial charge is 0.141 e. The second-order valence-corrected chi connectivity index (χ2v) is 7.40. The van der Waals surface area contributed by atoms with Gasteiger partial charge in [-0.3, -0.25) is 0 Å². The lowest BCUT2D eigenvalue weighted by Crippen LogP contribution is -2.52. The topological polar surface area (TPSA) is 82.7 Å². The average molecular weight is 415 g/mol. The minimum Gasteiger partial charge on any atom is -0.496 e. The fourth-order valence-electron chi connectivity index (χ4n) is 3.64. The van der Waals surface area contributed by atoms with Crippen LogP contribution in [0.15, 0.2) is 24.4 Å². The number of methoxy groups -OCH3 is 3. The number of hydrogen-bond donors (Lipinski definition) is 1. The van der Waals surface area contributed by atoms with Gasteiger partial charge in [0.25, 0.3) is 0 Å². The van der Waals surface area contributed by atoms with Crippen LogP contribution in [-0.2, 0) is 4.74 Å². The molecule has 4 rings (SSSR count). The summed E-state index contributed by atoms with van der Waals surface area (Å²) in [6.07, 6.45) is 1.95. The van der Waals surface area contributed by atoms with Crippen LogP contribution in [0.4, 0.5) is 11.6 Å². The number of nitrogens with two attached hydrogens (primary N) is 1. The summed E-state index contributed by atoms with van der Waals surface area (Å²) in [6, 6.07) is 5.60. The molecule has 0 amide bonds. The number of pyridine rings is 2. The Hall–Kier alpha value is -2.77. The van der Waals surface area contributed by atoms with Crippen LogP contribution in [0.1, 0.15) is 5.56 Å². The second kappa shape index (κ2) is 7.57. The fraction of sp³-hybridized carbons (Fsp3) is 0.333. The van der Waals surface area contributed by atoms with Crippen LogP contribution in [0.5, 0.6) is 11.5 Å². The monoisotopic (exact) mass is 414 g/mol. The van der Waals surface area contributed by atoms with Gasteiger partial charge < -0.3 is 24.8 Å². The van der Waals surface area contributed by atoms with Crippen molar-refractivity contribution in [2.75, 3.05) is 45.1 Å². The summed E-state index contributed by atoms with van der Waals surface area (Å²) in [6.45, 7) is 3.48. The van der Waals surface area contributed by atoms with Gasteiger partial charge in [-0.15, -0.1) is 0 Å². The Morgan fingerprint density at radius 3 is 2.48 bits per heavy atom. The molecule has 8 heteroatoms.